The maximum atomic E-state index is 12.5. The fraction of sp³-hybridized carbons (Fsp3) is 0.294. The first-order chi connectivity index (χ1) is 12.6. The molecule has 2 aromatic carbocycles. The van der Waals surface area contributed by atoms with Crippen molar-refractivity contribution in [2.75, 3.05) is 13.2 Å². The first kappa shape index (κ1) is 21.3. The highest BCUT2D eigenvalue weighted by molar-refractivity contribution is 7.89. The Morgan fingerprint density at radius 1 is 1.07 bits per heavy atom. The topological polar surface area (TPSA) is 75.6 Å². The van der Waals surface area contributed by atoms with Crippen LogP contribution in [0.1, 0.15) is 18.4 Å². The lowest BCUT2D eigenvalue weighted by molar-refractivity contribution is -0.137. The third kappa shape index (κ3) is 6.30. The Hall–Kier alpha value is -1.97. The van der Waals surface area contributed by atoms with E-state index in [0.29, 0.717) is 25.2 Å². The molecule has 0 unspecified atom stereocenters. The van der Waals surface area contributed by atoms with Crippen molar-refractivity contribution in [2.45, 2.75) is 23.9 Å². The molecule has 0 aromatic heterocycles. The summed E-state index contributed by atoms with van der Waals surface area (Å²) in [6.45, 7) is 0.423. The van der Waals surface area contributed by atoms with Gasteiger partial charge in [-0.15, -0.1) is 0 Å². The zero-order valence-electron chi connectivity index (χ0n) is 14.0. The van der Waals surface area contributed by atoms with Crippen LogP contribution in [0, 0.1) is 0 Å². The van der Waals surface area contributed by atoms with Crippen LogP contribution in [0.15, 0.2) is 47.4 Å². The van der Waals surface area contributed by atoms with Gasteiger partial charge in [0.15, 0.2) is 0 Å². The molecule has 0 saturated heterocycles. The fourth-order valence-electron chi connectivity index (χ4n) is 2.11. The summed E-state index contributed by atoms with van der Waals surface area (Å²) < 4.78 is 69.4. The molecule has 0 saturated carbocycles. The Labute approximate surface area is 159 Å². The first-order valence-corrected chi connectivity index (χ1v) is 9.74. The van der Waals surface area contributed by atoms with Crippen LogP contribution in [0.25, 0.3) is 0 Å². The van der Waals surface area contributed by atoms with Gasteiger partial charge in [0.05, 0.1) is 22.1 Å². The Morgan fingerprint density at radius 3 is 2.33 bits per heavy atom. The molecule has 0 fully saturated rings. The number of sulfonamides is 1. The standard InChI is InChI=1S/C17H17ClF3NO4S/c18-15-11-13(5-8-16(15)23)26-10-2-1-9-22-27(24,25)14-6-3-12(4-7-14)17(19,20)21/h3-8,11,22-23H,1-2,9-10H2. The van der Waals surface area contributed by atoms with Crippen molar-refractivity contribution in [3.8, 4) is 11.5 Å². The molecule has 2 rings (SSSR count). The highest BCUT2D eigenvalue weighted by Gasteiger charge is 2.30. The maximum Gasteiger partial charge on any atom is 0.416 e. The molecule has 27 heavy (non-hydrogen) atoms. The van der Waals surface area contributed by atoms with E-state index >= 15 is 0 Å². The predicted octanol–water partition coefficient (Wildman–Crippen LogP) is 4.20. The fourth-order valence-corrected chi connectivity index (χ4v) is 3.35. The Kier molecular flexibility index (Phi) is 6.96. The van der Waals surface area contributed by atoms with Crippen LogP contribution in [0.2, 0.25) is 5.02 Å². The van der Waals surface area contributed by atoms with E-state index in [1.807, 2.05) is 0 Å². The van der Waals surface area contributed by atoms with E-state index in [1.54, 1.807) is 6.07 Å². The molecule has 0 bridgehead atoms. The Morgan fingerprint density at radius 2 is 1.74 bits per heavy atom. The van der Waals surface area contributed by atoms with Crippen LogP contribution in [-0.2, 0) is 16.2 Å². The van der Waals surface area contributed by atoms with Crippen LogP contribution in [-0.4, -0.2) is 26.7 Å². The molecular weight excluding hydrogens is 407 g/mol. The highest BCUT2D eigenvalue weighted by atomic mass is 35.5. The number of nitrogens with one attached hydrogen (secondary N) is 1. The van der Waals surface area contributed by atoms with E-state index in [4.69, 9.17) is 16.3 Å². The first-order valence-electron chi connectivity index (χ1n) is 7.88. The van der Waals surface area contributed by atoms with Gasteiger partial charge >= 0.3 is 6.18 Å². The summed E-state index contributed by atoms with van der Waals surface area (Å²) in [5.74, 6) is 0.421. The molecule has 0 amide bonds. The van der Waals surface area contributed by atoms with E-state index < -0.39 is 21.8 Å². The lowest BCUT2D eigenvalue weighted by Crippen LogP contribution is -2.25. The number of alkyl halides is 3. The molecule has 148 valence electrons. The van der Waals surface area contributed by atoms with Crippen LogP contribution >= 0.6 is 11.6 Å². The number of benzene rings is 2. The SMILES string of the molecule is O=S(=O)(NCCCCOc1ccc(O)c(Cl)c1)c1ccc(C(F)(F)F)cc1. The molecule has 2 aromatic rings. The summed E-state index contributed by atoms with van der Waals surface area (Å²) in [7, 11) is -3.88. The van der Waals surface area contributed by atoms with Crippen molar-refractivity contribution >= 4 is 21.6 Å². The number of phenols is 1. The van der Waals surface area contributed by atoms with Gasteiger partial charge in [0, 0.05) is 12.6 Å². The minimum atomic E-state index is -4.52. The van der Waals surface area contributed by atoms with Crippen molar-refractivity contribution in [1.29, 1.82) is 0 Å². The quantitative estimate of drug-likeness (QED) is 0.624. The number of aromatic hydroxyl groups is 1. The van der Waals surface area contributed by atoms with E-state index in [-0.39, 0.29) is 22.2 Å². The van der Waals surface area contributed by atoms with Crippen LogP contribution in [0.5, 0.6) is 11.5 Å². The Bertz CT molecular complexity index is 871. The summed E-state index contributed by atoms with van der Waals surface area (Å²) in [5.41, 5.74) is -0.909. The average molecular weight is 424 g/mol. The van der Waals surface area contributed by atoms with Crippen molar-refractivity contribution in [3.63, 3.8) is 0 Å². The summed E-state index contributed by atoms with van der Waals surface area (Å²) in [5, 5.41) is 9.47. The number of halogens is 4. The second-order valence-corrected chi connectivity index (χ2v) is 7.76. The normalized spacial score (nSPS) is 12.1. The summed E-state index contributed by atoms with van der Waals surface area (Å²) in [4.78, 5) is -0.231. The monoisotopic (exact) mass is 423 g/mol. The number of hydrogen-bond acceptors (Lipinski definition) is 4. The lowest BCUT2D eigenvalue weighted by Gasteiger charge is -2.10. The van der Waals surface area contributed by atoms with Gasteiger partial charge < -0.3 is 9.84 Å². The predicted molar refractivity (Wildman–Crippen MR) is 94.5 cm³/mol. The van der Waals surface area contributed by atoms with Crippen LogP contribution in [0.4, 0.5) is 13.2 Å². The van der Waals surface area contributed by atoms with Gasteiger partial charge in [-0.05, 0) is 49.2 Å². The van der Waals surface area contributed by atoms with Gasteiger partial charge in [0.2, 0.25) is 10.0 Å². The Balaban J connectivity index is 1.76. The molecule has 5 nitrogen and oxygen atoms in total. The van der Waals surface area contributed by atoms with E-state index in [0.717, 1.165) is 24.3 Å². The number of hydrogen-bond donors (Lipinski definition) is 2. The van der Waals surface area contributed by atoms with Crippen molar-refractivity contribution in [1.82, 2.24) is 4.72 Å². The molecule has 0 aliphatic carbocycles. The largest absolute Gasteiger partial charge is 0.506 e. The second-order valence-electron chi connectivity index (χ2n) is 5.59. The zero-order valence-corrected chi connectivity index (χ0v) is 15.5. The summed E-state index contributed by atoms with van der Waals surface area (Å²) in [6, 6.07) is 7.70. The van der Waals surface area contributed by atoms with Gasteiger partial charge in [-0.1, -0.05) is 11.6 Å². The number of rotatable bonds is 8. The van der Waals surface area contributed by atoms with E-state index in [1.165, 1.54) is 12.1 Å². The zero-order chi connectivity index (χ0) is 20.1. The summed E-state index contributed by atoms with van der Waals surface area (Å²) in [6.07, 6.45) is -3.52. The van der Waals surface area contributed by atoms with Crippen molar-refractivity contribution in [2.24, 2.45) is 0 Å². The molecule has 0 aliphatic heterocycles. The van der Waals surface area contributed by atoms with Gasteiger partial charge in [-0.3, -0.25) is 0 Å². The molecule has 2 N–H and O–H groups in total. The highest BCUT2D eigenvalue weighted by Crippen LogP contribution is 2.30. The minimum Gasteiger partial charge on any atom is -0.506 e. The van der Waals surface area contributed by atoms with Gasteiger partial charge in [-0.2, -0.15) is 13.2 Å². The van der Waals surface area contributed by atoms with Crippen LogP contribution < -0.4 is 9.46 Å². The third-order valence-corrected chi connectivity index (χ3v) is 5.32. The molecule has 0 spiro atoms. The number of ether oxygens (including phenoxy) is 1. The van der Waals surface area contributed by atoms with Gasteiger partial charge in [0.25, 0.3) is 0 Å². The van der Waals surface area contributed by atoms with E-state index in [9.17, 15) is 26.7 Å². The maximum absolute atomic E-state index is 12.5. The minimum absolute atomic E-state index is 0.0540. The summed E-state index contributed by atoms with van der Waals surface area (Å²) >= 11 is 5.75. The van der Waals surface area contributed by atoms with E-state index in [2.05, 4.69) is 4.72 Å². The molecule has 10 heteroatoms. The van der Waals surface area contributed by atoms with Gasteiger partial charge in [-0.25, -0.2) is 13.1 Å². The third-order valence-electron chi connectivity index (χ3n) is 3.54. The number of unbranched alkanes of at least 4 members (excludes halogenated alkanes) is 1. The molecule has 0 aliphatic rings. The smallest absolute Gasteiger partial charge is 0.416 e. The molecule has 0 heterocycles. The van der Waals surface area contributed by atoms with Crippen molar-refractivity contribution in [3.05, 3.63) is 53.1 Å². The van der Waals surface area contributed by atoms with Gasteiger partial charge in [0.1, 0.15) is 11.5 Å². The van der Waals surface area contributed by atoms with Crippen LogP contribution in [0.3, 0.4) is 0 Å². The lowest BCUT2D eigenvalue weighted by atomic mass is 10.2. The number of phenolic OH excluding ortho intramolecular Hbond substituents is 1. The molecule has 0 atom stereocenters. The second kappa shape index (κ2) is 8.81. The van der Waals surface area contributed by atoms with Crippen molar-refractivity contribution < 1.29 is 31.4 Å². The average Bonchev–Trinajstić information content (AvgIpc) is 2.60. The molecule has 0 radical (unpaired) electrons. The molecular formula is C17H17ClF3NO4S.